The van der Waals surface area contributed by atoms with Crippen LogP contribution in [0.15, 0.2) is 6.20 Å². The summed E-state index contributed by atoms with van der Waals surface area (Å²) in [4.78, 5) is 14.4. The maximum absolute atomic E-state index is 10.3. The summed E-state index contributed by atoms with van der Waals surface area (Å²) >= 11 is 0. The maximum Gasteiger partial charge on any atom is 0.214 e. The molecule has 0 aliphatic heterocycles. The fraction of sp³-hybridized carbons (Fsp3) is 0.500. The molecule has 4 heteroatoms. The van der Waals surface area contributed by atoms with Crippen molar-refractivity contribution in [3.63, 3.8) is 0 Å². The Labute approximate surface area is 70.0 Å². The summed E-state index contributed by atoms with van der Waals surface area (Å²) in [6.07, 6.45) is 5.87. The highest BCUT2D eigenvalue weighted by Crippen LogP contribution is 2.34. The van der Waals surface area contributed by atoms with E-state index in [0.717, 1.165) is 18.5 Å². The van der Waals surface area contributed by atoms with Crippen LogP contribution < -0.4 is 0 Å². The minimum atomic E-state index is 0.194. The zero-order chi connectivity index (χ0) is 8.39. The van der Waals surface area contributed by atoms with E-state index in [1.807, 2.05) is 0 Å². The van der Waals surface area contributed by atoms with Crippen molar-refractivity contribution in [3.8, 4) is 0 Å². The number of aromatic nitrogens is 3. The summed E-state index contributed by atoms with van der Waals surface area (Å²) in [6.45, 7) is 0. The first-order valence-corrected chi connectivity index (χ1v) is 4.05. The molecule has 0 atom stereocenters. The van der Waals surface area contributed by atoms with Gasteiger partial charge in [0.25, 0.3) is 0 Å². The lowest BCUT2D eigenvalue weighted by Crippen LogP contribution is -2.12. The summed E-state index contributed by atoms with van der Waals surface area (Å²) in [7, 11) is 0. The molecule has 12 heavy (non-hydrogen) atoms. The predicted molar refractivity (Wildman–Crippen MR) is 41.8 cm³/mol. The van der Waals surface area contributed by atoms with Gasteiger partial charge in [-0.1, -0.05) is 6.42 Å². The van der Waals surface area contributed by atoms with Gasteiger partial charge in [-0.2, -0.15) is 5.10 Å². The van der Waals surface area contributed by atoms with Crippen molar-refractivity contribution in [1.82, 2.24) is 15.2 Å². The number of nitrogens with zero attached hydrogens (tertiary/aromatic N) is 3. The summed E-state index contributed by atoms with van der Waals surface area (Å²) in [5, 5.41) is 7.28. The molecule has 0 aromatic carbocycles. The van der Waals surface area contributed by atoms with E-state index in [9.17, 15) is 4.79 Å². The average Bonchev–Trinajstić information content (AvgIpc) is 2.02. The predicted octanol–water partition coefficient (Wildman–Crippen LogP) is 0.952. The third-order valence-electron chi connectivity index (χ3n) is 2.22. The molecular weight excluding hydrogens is 154 g/mol. The second-order valence-corrected chi connectivity index (χ2v) is 2.99. The SMILES string of the molecule is O=Cc1nncc(C2CCC2)n1. The molecule has 1 aromatic rings. The summed E-state index contributed by atoms with van der Waals surface area (Å²) in [5.74, 6) is 0.707. The van der Waals surface area contributed by atoms with Crippen LogP contribution in [0.1, 0.15) is 41.5 Å². The van der Waals surface area contributed by atoms with Gasteiger partial charge >= 0.3 is 0 Å². The lowest BCUT2D eigenvalue weighted by atomic mass is 9.83. The number of hydrogen-bond acceptors (Lipinski definition) is 4. The van der Waals surface area contributed by atoms with Crippen molar-refractivity contribution in [2.45, 2.75) is 25.2 Å². The molecule has 1 aliphatic rings. The van der Waals surface area contributed by atoms with E-state index in [1.54, 1.807) is 6.20 Å². The van der Waals surface area contributed by atoms with Gasteiger partial charge in [0, 0.05) is 5.92 Å². The number of rotatable bonds is 2. The van der Waals surface area contributed by atoms with Crippen LogP contribution in [0.3, 0.4) is 0 Å². The van der Waals surface area contributed by atoms with Crippen molar-refractivity contribution >= 4 is 6.29 Å². The molecular formula is C8H9N3O. The van der Waals surface area contributed by atoms with Gasteiger partial charge in [0.2, 0.25) is 5.82 Å². The molecule has 0 amide bonds. The molecule has 62 valence electrons. The standard InChI is InChI=1S/C8H9N3O/c12-5-8-10-7(4-9-11-8)6-2-1-3-6/h4-6H,1-3H2. The molecule has 1 saturated carbocycles. The van der Waals surface area contributed by atoms with Gasteiger partial charge in [-0.15, -0.1) is 5.10 Å². The van der Waals surface area contributed by atoms with Crippen LogP contribution in [0.2, 0.25) is 0 Å². The van der Waals surface area contributed by atoms with Crippen molar-refractivity contribution in [1.29, 1.82) is 0 Å². The molecule has 0 radical (unpaired) electrons. The minimum absolute atomic E-state index is 0.194. The molecule has 1 aliphatic carbocycles. The first-order chi connectivity index (χ1) is 5.90. The monoisotopic (exact) mass is 163 g/mol. The molecule has 1 heterocycles. The van der Waals surface area contributed by atoms with Gasteiger partial charge in [0.05, 0.1) is 11.9 Å². The van der Waals surface area contributed by atoms with Crippen LogP contribution in [0.5, 0.6) is 0 Å². The Bertz CT molecular complexity index is 296. The fourth-order valence-electron chi connectivity index (χ4n) is 1.28. The molecule has 0 unspecified atom stereocenters. The van der Waals surface area contributed by atoms with E-state index in [2.05, 4.69) is 15.2 Å². The zero-order valence-corrected chi connectivity index (χ0v) is 6.60. The van der Waals surface area contributed by atoms with E-state index < -0.39 is 0 Å². The summed E-state index contributed by atoms with van der Waals surface area (Å²) < 4.78 is 0. The number of aldehydes is 1. The largest absolute Gasteiger partial charge is 0.294 e. The molecule has 1 fully saturated rings. The Kier molecular flexibility index (Phi) is 1.81. The van der Waals surface area contributed by atoms with Gasteiger partial charge in [-0.05, 0) is 12.8 Å². The van der Waals surface area contributed by atoms with E-state index in [-0.39, 0.29) is 5.82 Å². The quantitative estimate of drug-likeness (QED) is 0.609. The van der Waals surface area contributed by atoms with Crippen molar-refractivity contribution in [2.75, 3.05) is 0 Å². The van der Waals surface area contributed by atoms with Crippen LogP contribution in [0.4, 0.5) is 0 Å². The molecule has 0 N–H and O–H groups in total. The van der Waals surface area contributed by atoms with E-state index in [4.69, 9.17) is 0 Å². The summed E-state index contributed by atoms with van der Waals surface area (Å²) in [5.41, 5.74) is 0.915. The Morgan fingerprint density at radius 1 is 1.50 bits per heavy atom. The van der Waals surface area contributed by atoms with Crippen molar-refractivity contribution < 1.29 is 4.79 Å². The minimum Gasteiger partial charge on any atom is -0.294 e. The highest BCUT2D eigenvalue weighted by atomic mass is 16.1. The second-order valence-electron chi connectivity index (χ2n) is 2.99. The molecule has 0 saturated heterocycles. The topological polar surface area (TPSA) is 55.7 Å². The third-order valence-corrected chi connectivity index (χ3v) is 2.22. The Balaban J connectivity index is 2.25. The van der Waals surface area contributed by atoms with Crippen LogP contribution in [0, 0.1) is 0 Å². The third kappa shape index (κ3) is 1.20. The summed E-state index contributed by atoms with van der Waals surface area (Å²) in [6, 6.07) is 0. The van der Waals surface area contributed by atoms with Crippen molar-refractivity contribution in [2.24, 2.45) is 0 Å². The van der Waals surface area contributed by atoms with Gasteiger partial charge in [-0.3, -0.25) is 4.79 Å². The van der Waals surface area contributed by atoms with Gasteiger partial charge in [0.15, 0.2) is 6.29 Å². The molecule has 2 rings (SSSR count). The lowest BCUT2D eigenvalue weighted by molar-refractivity contribution is 0.111. The number of carbonyl (C=O) groups excluding carboxylic acids is 1. The van der Waals surface area contributed by atoms with Crippen LogP contribution in [-0.2, 0) is 0 Å². The average molecular weight is 163 g/mol. The normalized spacial score (nSPS) is 17.0. The Morgan fingerprint density at radius 3 is 2.92 bits per heavy atom. The molecule has 0 spiro atoms. The first kappa shape index (κ1) is 7.34. The van der Waals surface area contributed by atoms with Crippen LogP contribution in [0.25, 0.3) is 0 Å². The fourth-order valence-corrected chi connectivity index (χ4v) is 1.28. The highest BCUT2D eigenvalue weighted by Gasteiger charge is 2.21. The van der Waals surface area contributed by atoms with E-state index in [1.165, 1.54) is 6.42 Å². The van der Waals surface area contributed by atoms with Crippen LogP contribution >= 0.6 is 0 Å². The van der Waals surface area contributed by atoms with Gasteiger partial charge in [0.1, 0.15) is 0 Å². The highest BCUT2D eigenvalue weighted by molar-refractivity contribution is 5.68. The van der Waals surface area contributed by atoms with Gasteiger partial charge < -0.3 is 0 Å². The lowest BCUT2D eigenvalue weighted by Gasteiger charge is -2.23. The number of carbonyl (C=O) groups is 1. The molecule has 1 aromatic heterocycles. The first-order valence-electron chi connectivity index (χ1n) is 4.05. The number of hydrogen-bond donors (Lipinski definition) is 0. The van der Waals surface area contributed by atoms with E-state index in [0.29, 0.717) is 12.2 Å². The smallest absolute Gasteiger partial charge is 0.214 e. The zero-order valence-electron chi connectivity index (χ0n) is 6.60. The molecule has 0 bridgehead atoms. The Morgan fingerprint density at radius 2 is 2.33 bits per heavy atom. The van der Waals surface area contributed by atoms with E-state index >= 15 is 0 Å². The maximum atomic E-state index is 10.3. The van der Waals surface area contributed by atoms with Crippen molar-refractivity contribution in [3.05, 3.63) is 17.7 Å². The second kappa shape index (κ2) is 2.97. The molecule has 4 nitrogen and oxygen atoms in total. The van der Waals surface area contributed by atoms with Crippen LogP contribution in [-0.4, -0.2) is 21.5 Å². The Hall–Kier alpha value is -1.32. The van der Waals surface area contributed by atoms with Gasteiger partial charge in [-0.25, -0.2) is 4.98 Å².